The minimum absolute atomic E-state index is 0.358. The molecule has 4 heteroatoms. The van der Waals surface area contributed by atoms with E-state index in [-0.39, 0.29) is 0 Å². The zero-order chi connectivity index (χ0) is 11.9. The van der Waals surface area contributed by atoms with Gasteiger partial charge in [0.1, 0.15) is 10.8 Å². The van der Waals surface area contributed by atoms with E-state index in [1.54, 1.807) is 0 Å². The molecule has 3 rings (SSSR count). The third-order valence-electron chi connectivity index (χ3n) is 3.96. The molecule has 17 heavy (non-hydrogen) atoms. The average Bonchev–Trinajstić information content (AvgIpc) is 3.17. The fourth-order valence-electron chi connectivity index (χ4n) is 2.52. The van der Waals surface area contributed by atoms with E-state index in [2.05, 4.69) is 10.3 Å². The second-order valence-electron chi connectivity index (χ2n) is 5.26. The van der Waals surface area contributed by atoms with Gasteiger partial charge in [0.05, 0.1) is 5.69 Å². The Kier molecular flexibility index (Phi) is 2.54. The molecular weight excluding hydrogens is 230 g/mol. The topological polar surface area (TPSA) is 50.9 Å². The Balaban J connectivity index is 1.64. The summed E-state index contributed by atoms with van der Waals surface area (Å²) in [6.07, 6.45) is 5.59. The Bertz CT molecular complexity index is 450. The first-order valence-corrected chi connectivity index (χ1v) is 6.61. The summed E-state index contributed by atoms with van der Waals surface area (Å²) < 4.78 is 0. The summed E-state index contributed by atoms with van der Waals surface area (Å²) in [5, 5.41) is 3.44. The molecule has 0 aromatic carbocycles. The van der Waals surface area contributed by atoms with Crippen molar-refractivity contribution < 1.29 is 0 Å². The van der Waals surface area contributed by atoms with E-state index >= 15 is 0 Å². The van der Waals surface area contributed by atoms with Crippen LogP contribution >= 0.6 is 12.2 Å². The van der Waals surface area contributed by atoms with E-state index in [9.17, 15) is 0 Å². The zero-order valence-electron chi connectivity index (χ0n) is 9.78. The molecule has 0 spiro atoms. The standard InChI is InChI=1S/C13H17N3S/c14-12(17)10-2-1-3-11(16-10)15-8-13(6-7-13)9-4-5-9/h1-3,9H,4-8H2,(H2,14,17)(H,15,16). The van der Waals surface area contributed by atoms with Gasteiger partial charge >= 0.3 is 0 Å². The highest BCUT2D eigenvalue weighted by Gasteiger charge is 2.53. The van der Waals surface area contributed by atoms with E-state index in [4.69, 9.17) is 18.0 Å². The number of nitrogens with zero attached hydrogens (tertiary/aromatic N) is 1. The molecule has 2 aliphatic rings. The summed E-state index contributed by atoms with van der Waals surface area (Å²) in [5.74, 6) is 1.86. The molecule has 0 bridgehead atoms. The highest BCUT2D eigenvalue weighted by molar-refractivity contribution is 7.80. The van der Waals surface area contributed by atoms with Crippen molar-refractivity contribution in [3.8, 4) is 0 Å². The summed E-state index contributed by atoms with van der Waals surface area (Å²) in [5.41, 5.74) is 6.86. The smallest absolute Gasteiger partial charge is 0.126 e. The summed E-state index contributed by atoms with van der Waals surface area (Å²) in [6, 6.07) is 5.77. The lowest BCUT2D eigenvalue weighted by atomic mass is 10.0. The number of thiocarbonyl (C=S) groups is 1. The van der Waals surface area contributed by atoms with Gasteiger partial charge in [-0.15, -0.1) is 0 Å². The largest absolute Gasteiger partial charge is 0.388 e. The van der Waals surface area contributed by atoms with Gasteiger partial charge in [-0.3, -0.25) is 0 Å². The minimum atomic E-state index is 0.358. The molecule has 0 radical (unpaired) electrons. The van der Waals surface area contributed by atoms with Crippen molar-refractivity contribution in [2.45, 2.75) is 25.7 Å². The lowest BCUT2D eigenvalue weighted by Gasteiger charge is -2.15. The highest BCUT2D eigenvalue weighted by atomic mass is 32.1. The van der Waals surface area contributed by atoms with Gasteiger partial charge in [0.2, 0.25) is 0 Å². The fourth-order valence-corrected chi connectivity index (χ4v) is 2.64. The average molecular weight is 247 g/mol. The maximum Gasteiger partial charge on any atom is 0.126 e. The van der Waals surface area contributed by atoms with Crippen LogP contribution in [0.3, 0.4) is 0 Å². The van der Waals surface area contributed by atoms with E-state index < -0.39 is 0 Å². The molecule has 0 unspecified atom stereocenters. The number of hydrogen-bond acceptors (Lipinski definition) is 3. The number of rotatable bonds is 5. The summed E-state index contributed by atoms with van der Waals surface area (Å²) >= 11 is 4.93. The molecule has 2 saturated carbocycles. The van der Waals surface area contributed by atoms with Gasteiger partial charge in [0.25, 0.3) is 0 Å². The van der Waals surface area contributed by atoms with Gasteiger partial charge in [0.15, 0.2) is 0 Å². The molecule has 1 aromatic rings. The van der Waals surface area contributed by atoms with Crippen LogP contribution in [-0.2, 0) is 0 Å². The Hall–Kier alpha value is -1.16. The molecule has 0 aliphatic heterocycles. The number of hydrogen-bond donors (Lipinski definition) is 2. The van der Waals surface area contributed by atoms with E-state index in [0.29, 0.717) is 16.1 Å². The number of aromatic nitrogens is 1. The normalized spacial score (nSPS) is 20.9. The first-order valence-electron chi connectivity index (χ1n) is 6.20. The van der Waals surface area contributed by atoms with E-state index in [1.807, 2.05) is 18.2 Å². The van der Waals surface area contributed by atoms with Gasteiger partial charge in [-0.1, -0.05) is 18.3 Å². The van der Waals surface area contributed by atoms with Gasteiger partial charge in [0, 0.05) is 6.54 Å². The molecule has 0 amide bonds. The molecule has 0 saturated heterocycles. The monoisotopic (exact) mass is 247 g/mol. The third-order valence-corrected chi connectivity index (χ3v) is 4.17. The van der Waals surface area contributed by atoms with Crippen LogP contribution in [-0.4, -0.2) is 16.5 Å². The quantitative estimate of drug-likeness (QED) is 0.784. The lowest BCUT2D eigenvalue weighted by molar-refractivity contribution is 0.466. The second-order valence-corrected chi connectivity index (χ2v) is 5.70. The third kappa shape index (κ3) is 2.27. The predicted molar refractivity (Wildman–Crippen MR) is 73.0 cm³/mol. The van der Waals surface area contributed by atoms with Crippen LogP contribution in [0.2, 0.25) is 0 Å². The second kappa shape index (κ2) is 3.95. The van der Waals surface area contributed by atoms with Crippen molar-refractivity contribution in [2.24, 2.45) is 17.1 Å². The van der Waals surface area contributed by atoms with Crippen LogP contribution in [0.5, 0.6) is 0 Å². The molecule has 2 fully saturated rings. The van der Waals surface area contributed by atoms with E-state index in [1.165, 1.54) is 25.7 Å². The maximum atomic E-state index is 5.58. The SMILES string of the molecule is NC(=S)c1cccc(NCC2(C3CC3)CC2)n1. The Labute approximate surface area is 107 Å². The van der Waals surface area contributed by atoms with Gasteiger partial charge in [-0.2, -0.15) is 0 Å². The molecule has 2 aliphatic carbocycles. The van der Waals surface area contributed by atoms with Crippen molar-refractivity contribution in [2.75, 3.05) is 11.9 Å². The van der Waals surface area contributed by atoms with Crippen LogP contribution in [0, 0.1) is 11.3 Å². The van der Waals surface area contributed by atoms with Crippen molar-refractivity contribution in [3.63, 3.8) is 0 Å². The number of nitrogens with one attached hydrogen (secondary N) is 1. The number of nitrogens with two attached hydrogens (primary N) is 1. The minimum Gasteiger partial charge on any atom is -0.388 e. The first-order chi connectivity index (χ1) is 8.20. The summed E-state index contributed by atoms with van der Waals surface area (Å²) in [6.45, 7) is 1.05. The van der Waals surface area contributed by atoms with Crippen molar-refractivity contribution in [3.05, 3.63) is 23.9 Å². The van der Waals surface area contributed by atoms with Crippen LogP contribution < -0.4 is 11.1 Å². The Morgan fingerprint density at radius 1 is 1.47 bits per heavy atom. The number of pyridine rings is 1. The fraction of sp³-hybridized carbons (Fsp3) is 0.538. The maximum absolute atomic E-state index is 5.58. The van der Waals surface area contributed by atoms with Crippen molar-refractivity contribution in [1.29, 1.82) is 0 Å². The molecule has 0 atom stereocenters. The van der Waals surface area contributed by atoms with Crippen LogP contribution in [0.4, 0.5) is 5.82 Å². The first kappa shape index (κ1) is 11.0. The molecule has 3 N–H and O–H groups in total. The molecular formula is C13H17N3S. The Morgan fingerprint density at radius 3 is 2.82 bits per heavy atom. The lowest BCUT2D eigenvalue weighted by Crippen LogP contribution is -2.19. The highest BCUT2D eigenvalue weighted by Crippen LogP contribution is 2.61. The van der Waals surface area contributed by atoms with Gasteiger partial charge in [-0.25, -0.2) is 4.98 Å². The van der Waals surface area contributed by atoms with E-state index in [0.717, 1.165) is 18.3 Å². The van der Waals surface area contributed by atoms with Crippen molar-refractivity contribution >= 4 is 23.0 Å². The van der Waals surface area contributed by atoms with Gasteiger partial charge in [-0.05, 0) is 49.1 Å². The van der Waals surface area contributed by atoms with Gasteiger partial charge < -0.3 is 11.1 Å². The molecule has 1 aromatic heterocycles. The molecule has 3 nitrogen and oxygen atoms in total. The summed E-state index contributed by atoms with van der Waals surface area (Å²) in [4.78, 5) is 4.76. The van der Waals surface area contributed by atoms with Crippen molar-refractivity contribution in [1.82, 2.24) is 4.98 Å². The van der Waals surface area contributed by atoms with Crippen LogP contribution in [0.25, 0.3) is 0 Å². The van der Waals surface area contributed by atoms with Crippen LogP contribution in [0.15, 0.2) is 18.2 Å². The molecule has 1 heterocycles. The zero-order valence-corrected chi connectivity index (χ0v) is 10.6. The molecule has 90 valence electrons. The predicted octanol–water partition coefficient (Wildman–Crippen LogP) is 2.32. The summed E-state index contributed by atoms with van der Waals surface area (Å²) in [7, 11) is 0. The van der Waals surface area contributed by atoms with Crippen LogP contribution in [0.1, 0.15) is 31.4 Å². The Morgan fingerprint density at radius 2 is 2.24 bits per heavy atom. The number of anilines is 1.